The first-order chi connectivity index (χ1) is 11.7. The Morgan fingerprint density at radius 3 is 2.40 bits per heavy atom. The van der Waals surface area contributed by atoms with Crippen LogP contribution in [-0.2, 0) is 17.3 Å². The topological polar surface area (TPSA) is 101 Å². The van der Waals surface area contributed by atoms with Crippen LogP contribution in [0.4, 0.5) is 0 Å². The molecule has 1 aromatic heterocycles. The molecule has 7 heteroatoms. The van der Waals surface area contributed by atoms with E-state index in [4.69, 9.17) is 0 Å². The summed E-state index contributed by atoms with van der Waals surface area (Å²) in [5, 5.41) is 16.3. The molecule has 132 valence electrons. The van der Waals surface area contributed by atoms with Gasteiger partial charge < -0.3 is 10.4 Å². The number of aliphatic carboxylic acids is 1. The average Bonchev–Trinajstić information content (AvgIpc) is 2.58. The highest BCUT2D eigenvalue weighted by molar-refractivity contribution is 5.96. The third kappa shape index (κ3) is 3.45. The van der Waals surface area contributed by atoms with Crippen LogP contribution >= 0.6 is 0 Å². The van der Waals surface area contributed by atoms with Gasteiger partial charge in [-0.1, -0.05) is 30.3 Å². The van der Waals surface area contributed by atoms with Crippen LogP contribution in [0, 0.1) is 13.8 Å². The third-order valence-corrected chi connectivity index (χ3v) is 4.44. The lowest BCUT2D eigenvalue weighted by molar-refractivity contribution is -0.142. The van der Waals surface area contributed by atoms with Crippen LogP contribution < -0.4 is 10.9 Å². The first-order valence-corrected chi connectivity index (χ1v) is 7.80. The molecule has 1 heterocycles. The van der Waals surface area contributed by atoms with Gasteiger partial charge in [-0.2, -0.15) is 5.10 Å². The van der Waals surface area contributed by atoms with Crippen molar-refractivity contribution in [1.82, 2.24) is 15.1 Å². The van der Waals surface area contributed by atoms with Crippen molar-refractivity contribution in [3.8, 4) is 0 Å². The standard InChI is InChI=1S/C18H21N3O4/c1-11-12(2)20-21(4)16(23)14(11)15(22)19-10-18(3,17(24)25)13-8-6-5-7-9-13/h5-9H,10H2,1-4H3,(H,19,22)(H,24,25). The maximum Gasteiger partial charge on any atom is 0.315 e. The van der Waals surface area contributed by atoms with E-state index in [0.29, 0.717) is 16.8 Å². The number of aryl methyl sites for hydroxylation is 2. The van der Waals surface area contributed by atoms with Crippen molar-refractivity contribution in [2.45, 2.75) is 26.2 Å². The molecule has 0 bridgehead atoms. The zero-order chi connectivity index (χ0) is 18.8. The Bertz CT molecular complexity index is 874. The largest absolute Gasteiger partial charge is 0.481 e. The first kappa shape index (κ1) is 18.4. The fourth-order valence-corrected chi connectivity index (χ4v) is 2.57. The van der Waals surface area contributed by atoms with Crippen LogP contribution in [-0.4, -0.2) is 33.3 Å². The molecule has 2 rings (SSSR count). The molecule has 0 fully saturated rings. The van der Waals surface area contributed by atoms with Crippen molar-refractivity contribution in [2.24, 2.45) is 7.05 Å². The SMILES string of the molecule is Cc1nn(C)c(=O)c(C(=O)NCC(C)(C(=O)O)c2ccccc2)c1C. The van der Waals surface area contributed by atoms with E-state index in [1.807, 2.05) is 0 Å². The van der Waals surface area contributed by atoms with E-state index in [-0.39, 0.29) is 12.1 Å². The molecule has 1 aromatic carbocycles. The summed E-state index contributed by atoms with van der Waals surface area (Å²) in [6.45, 7) is 4.74. The van der Waals surface area contributed by atoms with Gasteiger partial charge in [-0.15, -0.1) is 0 Å². The molecule has 0 aliphatic heterocycles. The summed E-state index contributed by atoms with van der Waals surface area (Å²) in [4.78, 5) is 36.6. The molecular weight excluding hydrogens is 322 g/mol. The van der Waals surface area contributed by atoms with Crippen LogP contribution in [0.2, 0.25) is 0 Å². The average molecular weight is 343 g/mol. The second kappa shape index (κ2) is 6.88. The Morgan fingerprint density at radius 1 is 1.24 bits per heavy atom. The van der Waals surface area contributed by atoms with E-state index in [9.17, 15) is 19.5 Å². The van der Waals surface area contributed by atoms with Gasteiger partial charge in [-0.25, -0.2) is 4.68 Å². The summed E-state index contributed by atoms with van der Waals surface area (Å²) in [5.74, 6) is -1.67. The van der Waals surface area contributed by atoms with Crippen LogP contribution in [0.3, 0.4) is 0 Å². The van der Waals surface area contributed by atoms with Gasteiger partial charge in [0.1, 0.15) is 11.0 Å². The number of amides is 1. The van der Waals surface area contributed by atoms with E-state index < -0.39 is 22.9 Å². The van der Waals surface area contributed by atoms with Crippen LogP contribution in [0.5, 0.6) is 0 Å². The summed E-state index contributed by atoms with van der Waals surface area (Å²) >= 11 is 0. The number of hydrogen-bond donors (Lipinski definition) is 2. The molecule has 25 heavy (non-hydrogen) atoms. The monoisotopic (exact) mass is 343 g/mol. The van der Waals surface area contributed by atoms with Crippen LogP contribution in [0.25, 0.3) is 0 Å². The molecule has 2 N–H and O–H groups in total. The molecule has 0 saturated carbocycles. The Balaban J connectivity index is 2.33. The van der Waals surface area contributed by atoms with Crippen molar-refractivity contribution >= 4 is 11.9 Å². The second-order valence-electron chi connectivity index (χ2n) is 6.20. The normalized spacial score (nSPS) is 13.1. The Labute approximate surface area is 145 Å². The van der Waals surface area contributed by atoms with E-state index >= 15 is 0 Å². The number of aromatic nitrogens is 2. The molecule has 0 radical (unpaired) electrons. The lowest BCUT2D eigenvalue weighted by Gasteiger charge is -2.25. The number of nitrogens with zero attached hydrogens (tertiary/aromatic N) is 2. The van der Waals surface area contributed by atoms with Crippen molar-refractivity contribution in [3.63, 3.8) is 0 Å². The molecule has 7 nitrogen and oxygen atoms in total. The summed E-state index contributed by atoms with van der Waals surface area (Å²) in [6.07, 6.45) is 0. The molecular formula is C18H21N3O4. The number of rotatable bonds is 5. The quantitative estimate of drug-likeness (QED) is 0.848. The predicted octanol–water partition coefficient (Wildman–Crippen LogP) is 1.17. The van der Waals surface area contributed by atoms with E-state index in [2.05, 4.69) is 10.4 Å². The highest BCUT2D eigenvalue weighted by Gasteiger charge is 2.36. The van der Waals surface area contributed by atoms with Crippen LogP contribution in [0.15, 0.2) is 35.1 Å². The van der Waals surface area contributed by atoms with Gasteiger partial charge in [0.15, 0.2) is 0 Å². The maximum absolute atomic E-state index is 12.5. The summed E-state index contributed by atoms with van der Waals surface area (Å²) in [6, 6.07) is 8.66. The molecule has 1 unspecified atom stereocenters. The molecule has 0 saturated heterocycles. The molecule has 0 aliphatic rings. The second-order valence-corrected chi connectivity index (χ2v) is 6.20. The molecule has 1 amide bonds. The highest BCUT2D eigenvalue weighted by atomic mass is 16.4. The Morgan fingerprint density at radius 2 is 1.84 bits per heavy atom. The number of carboxylic acids is 1. The van der Waals surface area contributed by atoms with Gasteiger partial charge in [0.2, 0.25) is 0 Å². The summed E-state index contributed by atoms with van der Waals surface area (Å²) in [5.41, 5.74) is -0.224. The Kier molecular flexibility index (Phi) is 5.06. The van der Waals surface area contributed by atoms with Gasteiger partial charge in [0, 0.05) is 13.6 Å². The minimum Gasteiger partial charge on any atom is -0.481 e. The fourth-order valence-electron chi connectivity index (χ4n) is 2.57. The predicted molar refractivity (Wildman–Crippen MR) is 92.7 cm³/mol. The minimum atomic E-state index is -1.31. The summed E-state index contributed by atoms with van der Waals surface area (Å²) in [7, 11) is 1.47. The number of hydrogen-bond acceptors (Lipinski definition) is 4. The van der Waals surface area contributed by atoms with Gasteiger partial charge >= 0.3 is 5.97 Å². The fraction of sp³-hybridized carbons (Fsp3) is 0.333. The molecule has 0 spiro atoms. The lowest BCUT2D eigenvalue weighted by Crippen LogP contribution is -2.46. The van der Waals surface area contributed by atoms with E-state index in [1.165, 1.54) is 14.0 Å². The first-order valence-electron chi connectivity index (χ1n) is 7.80. The zero-order valence-electron chi connectivity index (χ0n) is 14.7. The van der Waals surface area contributed by atoms with Gasteiger partial charge in [-0.05, 0) is 31.9 Å². The van der Waals surface area contributed by atoms with Gasteiger partial charge in [-0.3, -0.25) is 14.4 Å². The Hall–Kier alpha value is -2.96. The van der Waals surface area contributed by atoms with Crippen molar-refractivity contribution in [2.75, 3.05) is 6.54 Å². The lowest BCUT2D eigenvalue weighted by atomic mass is 9.82. The third-order valence-electron chi connectivity index (χ3n) is 4.44. The molecule has 0 aliphatic carbocycles. The number of carbonyl (C=O) groups excluding carboxylic acids is 1. The molecule has 2 aromatic rings. The molecule has 1 atom stereocenters. The van der Waals surface area contributed by atoms with E-state index in [0.717, 1.165) is 4.68 Å². The summed E-state index contributed by atoms with van der Waals surface area (Å²) < 4.78 is 1.10. The van der Waals surface area contributed by atoms with Crippen molar-refractivity contribution in [1.29, 1.82) is 0 Å². The van der Waals surface area contributed by atoms with Crippen molar-refractivity contribution in [3.05, 3.63) is 63.1 Å². The zero-order valence-corrected chi connectivity index (χ0v) is 14.7. The van der Waals surface area contributed by atoms with E-state index in [1.54, 1.807) is 44.2 Å². The maximum atomic E-state index is 12.5. The smallest absolute Gasteiger partial charge is 0.315 e. The van der Waals surface area contributed by atoms with Crippen LogP contribution in [0.1, 0.15) is 34.1 Å². The number of benzene rings is 1. The number of nitrogens with one attached hydrogen (secondary N) is 1. The highest BCUT2D eigenvalue weighted by Crippen LogP contribution is 2.23. The van der Waals surface area contributed by atoms with Crippen molar-refractivity contribution < 1.29 is 14.7 Å². The van der Waals surface area contributed by atoms with Gasteiger partial charge in [0.25, 0.3) is 11.5 Å². The number of carboxylic acid groups (broad SMARTS) is 1. The van der Waals surface area contributed by atoms with Gasteiger partial charge in [0.05, 0.1) is 5.69 Å². The minimum absolute atomic E-state index is 0.0178. The number of carbonyl (C=O) groups is 2.